The molecule has 4 nitrogen and oxygen atoms in total. The summed E-state index contributed by atoms with van der Waals surface area (Å²) in [7, 11) is 2.10. The zero-order valence-electron chi connectivity index (χ0n) is 12.0. The highest BCUT2D eigenvalue weighted by atomic mass is 16.5. The fourth-order valence-corrected chi connectivity index (χ4v) is 3.50. The van der Waals surface area contributed by atoms with Gasteiger partial charge in [-0.25, -0.2) is 0 Å². The predicted molar refractivity (Wildman–Crippen MR) is 75.2 cm³/mol. The fraction of sp³-hybridized carbons (Fsp3) is 0.562. The zero-order valence-corrected chi connectivity index (χ0v) is 12.0. The average molecular weight is 272 g/mol. The van der Waals surface area contributed by atoms with Crippen molar-refractivity contribution in [2.75, 3.05) is 20.3 Å². The maximum absolute atomic E-state index is 11.2. The Morgan fingerprint density at radius 2 is 2.00 bits per heavy atom. The summed E-state index contributed by atoms with van der Waals surface area (Å²) in [6.07, 6.45) is 1.25. The molecule has 2 fully saturated rings. The van der Waals surface area contributed by atoms with Gasteiger partial charge in [-0.3, -0.25) is 4.90 Å². The standard InChI is InChI=1S/C16H20N2O2/c1-11-3-4-12(8-17)15(5-11)16(19)6-13-9-20-10-14(7-16)18(13)2/h3-5,13-14,19H,6-7,9-10H2,1-2H3. The summed E-state index contributed by atoms with van der Waals surface area (Å²) in [5.74, 6) is 0. The number of fused-ring (bicyclic) bond motifs is 2. The molecular formula is C16H20N2O2. The van der Waals surface area contributed by atoms with Gasteiger partial charge >= 0.3 is 0 Å². The van der Waals surface area contributed by atoms with Gasteiger partial charge in [0.05, 0.1) is 30.4 Å². The molecule has 1 aromatic carbocycles. The first-order chi connectivity index (χ1) is 9.53. The van der Waals surface area contributed by atoms with Crippen molar-refractivity contribution in [2.24, 2.45) is 0 Å². The number of benzene rings is 1. The molecular weight excluding hydrogens is 252 g/mol. The second-order valence-corrected chi connectivity index (χ2v) is 6.11. The molecule has 4 heteroatoms. The summed E-state index contributed by atoms with van der Waals surface area (Å²) in [5.41, 5.74) is 1.53. The fourth-order valence-electron chi connectivity index (χ4n) is 3.50. The van der Waals surface area contributed by atoms with Crippen LogP contribution in [0.4, 0.5) is 0 Å². The van der Waals surface area contributed by atoms with Crippen molar-refractivity contribution in [3.8, 4) is 6.07 Å². The normalized spacial score (nSPS) is 33.7. The van der Waals surface area contributed by atoms with E-state index >= 15 is 0 Å². The number of hydrogen-bond donors (Lipinski definition) is 1. The number of hydrogen-bond acceptors (Lipinski definition) is 4. The molecule has 2 saturated heterocycles. The van der Waals surface area contributed by atoms with Crippen LogP contribution in [0.5, 0.6) is 0 Å². The van der Waals surface area contributed by atoms with Crippen LogP contribution in [0.2, 0.25) is 0 Å². The Morgan fingerprint density at radius 1 is 1.35 bits per heavy atom. The first-order valence-corrected chi connectivity index (χ1v) is 7.07. The Bertz CT molecular complexity index is 550. The number of ether oxygens (including phenoxy) is 1. The van der Waals surface area contributed by atoms with E-state index in [1.165, 1.54) is 0 Å². The maximum Gasteiger partial charge on any atom is 0.0995 e. The monoisotopic (exact) mass is 272 g/mol. The quantitative estimate of drug-likeness (QED) is 0.842. The van der Waals surface area contributed by atoms with E-state index in [0.717, 1.165) is 11.1 Å². The number of piperidine rings is 1. The number of nitrogens with zero attached hydrogens (tertiary/aromatic N) is 2. The van der Waals surface area contributed by atoms with Crippen LogP contribution in [0.1, 0.15) is 29.5 Å². The number of morpholine rings is 1. The minimum absolute atomic E-state index is 0.222. The molecule has 0 aliphatic carbocycles. The van der Waals surface area contributed by atoms with Crippen molar-refractivity contribution in [1.82, 2.24) is 4.90 Å². The minimum atomic E-state index is -0.914. The van der Waals surface area contributed by atoms with Crippen molar-refractivity contribution in [2.45, 2.75) is 37.5 Å². The summed E-state index contributed by atoms with van der Waals surface area (Å²) in [6.45, 7) is 3.30. The summed E-state index contributed by atoms with van der Waals surface area (Å²) in [6, 6.07) is 8.35. The zero-order chi connectivity index (χ0) is 14.3. The molecule has 0 spiro atoms. The molecule has 106 valence electrons. The van der Waals surface area contributed by atoms with Gasteiger partial charge in [0.15, 0.2) is 0 Å². The van der Waals surface area contributed by atoms with E-state index < -0.39 is 5.60 Å². The highest BCUT2D eigenvalue weighted by molar-refractivity contribution is 5.44. The molecule has 0 aromatic heterocycles. The van der Waals surface area contributed by atoms with E-state index in [0.29, 0.717) is 31.6 Å². The minimum Gasteiger partial charge on any atom is -0.385 e. The molecule has 2 heterocycles. The Labute approximate surface area is 119 Å². The van der Waals surface area contributed by atoms with E-state index in [2.05, 4.69) is 18.0 Å². The highest BCUT2D eigenvalue weighted by Crippen LogP contribution is 2.41. The lowest BCUT2D eigenvalue weighted by Gasteiger charge is -2.50. The Balaban J connectivity index is 2.01. The van der Waals surface area contributed by atoms with Gasteiger partial charge in [-0.1, -0.05) is 17.7 Å². The van der Waals surface area contributed by atoms with Crippen molar-refractivity contribution in [1.29, 1.82) is 5.26 Å². The Morgan fingerprint density at radius 3 is 2.60 bits per heavy atom. The van der Waals surface area contributed by atoms with Gasteiger partial charge in [0.25, 0.3) is 0 Å². The smallest absolute Gasteiger partial charge is 0.0995 e. The lowest BCUT2D eigenvalue weighted by atomic mass is 9.75. The maximum atomic E-state index is 11.2. The van der Waals surface area contributed by atoms with Gasteiger partial charge in [0, 0.05) is 17.6 Å². The molecule has 0 saturated carbocycles. The molecule has 2 aliphatic rings. The van der Waals surface area contributed by atoms with Crippen LogP contribution >= 0.6 is 0 Å². The Kier molecular flexibility index (Phi) is 3.29. The molecule has 0 amide bonds. The van der Waals surface area contributed by atoms with E-state index in [9.17, 15) is 10.4 Å². The lowest BCUT2D eigenvalue weighted by molar-refractivity contribution is -0.137. The number of rotatable bonds is 1. The van der Waals surface area contributed by atoms with E-state index in [-0.39, 0.29) is 12.1 Å². The van der Waals surface area contributed by atoms with Gasteiger partial charge in [-0.15, -0.1) is 0 Å². The molecule has 1 aromatic rings. The number of aliphatic hydroxyl groups is 1. The second kappa shape index (κ2) is 4.85. The molecule has 0 radical (unpaired) electrons. The van der Waals surface area contributed by atoms with E-state index in [4.69, 9.17) is 4.74 Å². The van der Waals surface area contributed by atoms with Crippen LogP contribution in [-0.4, -0.2) is 42.4 Å². The SMILES string of the molecule is Cc1ccc(C#N)c(C2(O)CC3COCC(C2)N3C)c1. The van der Waals surface area contributed by atoms with Crippen molar-refractivity contribution >= 4 is 0 Å². The van der Waals surface area contributed by atoms with Crippen LogP contribution in [-0.2, 0) is 10.3 Å². The molecule has 2 atom stereocenters. The third-order valence-electron chi connectivity index (χ3n) is 4.72. The van der Waals surface area contributed by atoms with Crippen molar-refractivity contribution < 1.29 is 9.84 Å². The lowest BCUT2D eigenvalue weighted by Crippen LogP contribution is -2.59. The molecule has 20 heavy (non-hydrogen) atoms. The highest BCUT2D eigenvalue weighted by Gasteiger charge is 2.46. The van der Waals surface area contributed by atoms with Crippen LogP contribution < -0.4 is 0 Å². The van der Waals surface area contributed by atoms with Gasteiger partial charge in [-0.05, 0) is 32.9 Å². The average Bonchev–Trinajstić information content (AvgIpc) is 2.41. The topological polar surface area (TPSA) is 56.5 Å². The molecule has 2 unspecified atom stereocenters. The first-order valence-electron chi connectivity index (χ1n) is 7.07. The summed E-state index contributed by atoms with van der Waals surface area (Å²) in [5, 5.41) is 20.5. The number of aryl methyl sites for hydroxylation is 1. The summed E-state index contributed by atoms with van der Waals surface area (Å²) >= 11 is 0. The predicted octanol–water partition coefficient (Wildman–Crippen LogP) is 1.55. The number of nitriles is 1. The van der Waals surface area contributed by atoms with Crippen LogP contribution in [0.15, 0.2) is 18.2 Å². The van der Waals surface area contributed by atoms with Gasteiger partial charge < -0.3 is 9.84 Å². The third-order valence-corrected chi connectivity index (χ3v) is 4.72. The van der Waals surface area contributed by atoms with Gasteiger partial charge in [-0.2, -0.15) is 5.26 Å². The largest absolute Gasteiger partial charge is 0.385 e. The summed E-state index contributed by atoms with van der Waals surface area (Å²) in [4.78, 5) is 2.31. The number of likely N-dealkylation sites (N-methyl/N-ethyl adjacent to an activating group) is 1. The van der Waals surface area contributed by atoms with Gasteiger partial charge in [0.2, 0.25) is 0 Å². The van der Waals surface area contributed by atoms with Crippen LogP contribution in [0.25, 0.3) is 0 Å². The van der Waals surface area contributed by atoms with Crippen molar-refractivity contribution in [3.63, 3.8) is 0 Å². The van der Waals surface area contributed by atoms with E-state index in [1.54, 1.807) is 0 Å². The van der Waals surface area contributed by atoms with Crippen molar-refractivity contribution in [3.05, 3.63) is 34.9 Å². The van der Waals surface area contributed by atoms with E-state index in [1.807, 2.05) is 25.1 Å². The second-order valence-electron chi connectivity index (χ2n) is 6.11. The molecule has 2 bridgehead atoms. The van der Waals surface area contributed by atoms with Crippen LogP contribution in [0.3, 0.4) is 0 Å². The van der Waals surface area contributed by atoms with Crippen LogP contribution in [0, 0.1) is 18.3 Å². The first kappa shape index (κ1) is 13.6. The molecule has 1 N–H and O–H groups in total. The molecule has 2 aliphatic heterocycles. The van der Waals surface area contributed by atoms with Gasteiger partial charge in [0.1, 0.15) is 0 Å². The summed E-state index contributed by atoms with van der Waals surface area (Å²) < 4.78 is 5.60. The Hall–Kier alpha value is -1.41. The third kappa shape index (κ3) is 2.12. The molecule has 3 rings (SSSR count).